The fourth-order valence-corrected chi connectivity index (χ4v) is 4.69. The van der Waals surface area contributed by atoms with Crippen molar-refractivity contribution in [1.29, 1.82) is 0 Å². The van der Waals surface area contributed by atoms with E-state index in [0.717, 1.165) is 46.8 Å². The SMILES string of the molecule is O=C(c1ccc2cc(-c3ccncc3)ccc2c1)N1C[C@H]2CCC[C@H]2C1. The Morgan fingerprint density at radius 1 is 0.846 bits per heavy atom. The third kappa shape index (κ3) is 2.68. The summed E-state index contributed by atoms with van der Waals surface area (Å²) in [6.45, 7) is 1.89. The van der Waals surface area contributed by atoms with Crippen LogP contribution in [-0.4, -0.2) is 28.9 Å². The first-order valence-corrected chi connectivity index (χ1v) is 9.51. The molecule has 3 nitrogen and oxygen atoms in total. The van der Waals surface area contributed by atoms with Gasteiger partial charge in [-0.3, -0.25) is 9.78 Å². The Labute approximate surface area is 153 Å². The number of fused-ring (bicyclic) bond motifs is 2. The van der Waals surface area contributed by atoms with Crippen molar-refractivity contribution in [2.24, 2.45) is 11.8 Å². The minimum atomic E-state index is 0.194. The van der Waals surface area contributed by atoms with Gasteiger partial charge in [-0.25, -0.2) is 0 Å². The van der Waals surface area contributed by atoms with Crippen LogP contribution >= 0.6 is 0 Å². The molecule has 1 saturated heterocycles. The third-order valence-corrected chi connectivity index (χ3v) is 6.11. The molecule has 2 aromatic carbocycles. The van der Waals surface area contributed by atoms with Crippen LogP contribution in [0.1, 0.15) is 29.6 Å². The van der Waals surface area contributed by atoms with E-state index in [2.05, 4.69) is 34.1 Å². The van der Waals surface area contributed by atoms with Gasteiger partial charge in [0.25, 0.3) is 5.91 Å². The lowest BCUT2D eigenvalue weighted by atomic mass is 10.0. The third-order valence-electron chi connectivity index (χ3n) is 6.11. The summed E-state index contributed by atoms with van der Waals surface area (Å²) < 4.78 is 0. The Kier molecular flexibility index (Phi) is 3.74. The van der Waals surface area contributed by atoms with Gasteiger partial charge in [-0.1, -0.05) is 24.6 Å². The molecule has 1 aromatic heterocycles. The van der Waals surface area contributed by atoms with E-state index >= 15 is 0 Å². The summed E-state index contributed by atoms with van der Waals surface area (Å²) >= 11 is 0. The average Bonchev–Trinajstić information content (AvgIpc) is 3.29. The fraction of sp³-hybridized carbons (Fsp3) is 0.304. The fourth-order valence-electron chi connectivity index (χ4n) is 4.69. The Bertz CT molecular complexity index is 954. The van der Waals surface area contributed by atoms with Crippen molar-refractivity contribution in [1.82, 2.24) is 9.88 Å². The summed E-state index contributed by atoms with van der Waals surface area (Å²) in [5.41, 5.74) is 3.14. The van der Waals surface area contributed by atoms with Crippen LogP contribution in [-0.2, 0) is 0 Å². The zero-order valence-corrected chi connectivity index (χ0v) is 14.8. The summed E-state index contributed by atoms with van der Waals surface area (Å²) in [5.74, 6) is 1.67. The van der Waals surface area contributed by atoms with Crippen molar-refractivity contribution in [2.45, 2.75) is 19.3 Å². The first-order valence-electron chi connectivity index (χ1n) is 9.51. The highest BCUT2D eigenvalue weighted by atomic mass is 16.2. The van der Waals surface area contributed by atoms with Gasteiger partial charge in [0.05, 0.1) is 0 Å². The molecule has 130 valence electrons. The van der Waals surface area contributed by atoms with Crippen LogP contribution < -0.4 is 0 Å². The van der Waals surface area contributed by atoms with E-state index in [4.69, 9.17) is 0 Å². The standard InChI is InChI=1S/C23H22N2O/c26-23(25-14-21-2-1-3-22(21)15-25)20-7-6-18-12-17(4-5-19(18)13-20)16-8-10-24-11-9-16/h4-13,21-22H,1-3,14-15H2/t21-,22+. The van der Waals surface area contributed by atoms with Crippen LogP contribution in [0.2, 0.25) is 0 Å². The van der Waals surface area contributed by atoms with Gasteiger partial charge in [-0.05, 0) is 76.9 Å². The molecule has 0 radical (unpaired) electrons. The first kappa shape index (κ1) is 15.6. The zero-order valence-electron chi connectivity index (χ0n) is 14.8. The lowest BCUT2D eigenvalue weighted by Gasteiger charge is -2.17. The number of carbonyl (C=O) groups excluding carboxylic acids is 1. The number of rotatable bonds is 2. The Morgan fingerprint density at radius 2 is 1.54 bits per heavy atom. The first-order chi connectivity index (χ1) is 12.8. The average molecular weight is 342 g/mol. The quantitative estimate of drug-likeness (QED) is 0.672. The maximum absolute atomic E-state index is 12.9. The molecule has 1 amide bonds. The highest BCUT2D eigenvalue weighted by Gasteiger charge is 2.38. The van der Waals surface area contributed by atoms with E-state index in [-0.39, 0.29) is 5.91 Å². The predicted octanol–water partition coefficient (Wildman–Crippen LogP) is 4.77. The molecule has 0 bridgehead atoms. The Balaban J connectivity index is 1.42. The van der Waals surface area contributed by atoms with Gasteiger partial charge in [-0.15, -0.1) is 0 Å². The van der Waals surface area contributed by atoms with Crippen LogP contribution in [0, 0.1) is 11.8 Å². The van der Waals surface area contributed by atoms with Crippen molar-refractivity contribution in [3.8, 4) is 11.1 Å². The van der Waals surface area contributed by atoms with Crippen LogP contribution in [0.5, 0.6) is 0 Å². The Hall–Kier alpha value is -2.68. The minimum Gasteiger partial charge on any atom is -0.338 e. The van der Waals surface area contributed by atoms with Crippen molar-refractivity contribution in [2.75, 3.05) is 13.1 Å². The lowest BCUT2D eigenvalue weighted by molar-refractivity contribution is 0.0781. The van der Waals surface area contributed by atoms with E-state index < -0.39 is 0 Å². The molecule has 0 N–H and O–H groups in total. The molecule has 1 saturated carbocycles. The van der Waals surface area contributed by atoms with E-state index in [1.54, 1.807) is 0 Å². The maximum atomic E-state index is 12.9. The number of pyridine rings is 1. The summed E-state index contributed by atoms with van der Waals surface area (Å²) in [6, 6.07) is 16.5. The number of nitrogens with zero attached hydrogens (tertiary/aromatic N) is 2. The van der Waals surface area contributed by atoms with Gasteiger partial charge in [0.1, 0.15) is 0 Å². The summed E-state index contributed by atoms with van der Waals surface area (Å²) in [5, 5.41) is 2.28. The molecule has 2 atom stereocenters. The molecule has 2 aliphatic rings. The minimum absolute atomic E-state index is 0.194. The monoisotopic (exact) mass is 342 g/mol. The van der Waals surface area contributed by atoms with Crippen LogP contribution in [0.15, 0.2) is 60.9 Å². The summed E-state index contributed by atoms with van der Waals surface area (Å²) in [7, 11) is 0. The van der Waals surface area contributed by atoms with Crippen molar-refractivity contribution >= 4 is 16.7 Å². The zero-order chi connectivity index (χ0) is 17.5. The van der Waals surface area contributed by atoms with Gasteiger partial charge in [0.2, 0.25) is 0 Å². The number of carbonyl (C=O) groups is 1. The highest BCUT2D eigenvalue weighted by Crippen LogP contribution is 2.38. The molecule has 1 aliphatic carbocycles. The van der Waals surface area contributed by atoms with Crippen LogP contribution in [0.3, 0.4) is 0 Å². The maximum Gasteiger partial charge on any atom is 0.253 e. The number of benzene rings is 2. The van der Waals surface area contributed by atoms with Crippen molar-refractivity contribution in [3.63, 3.8) is 0 Å². The van der Waals surface area contributed by atoms with Gasteiger partial charge >= 0.3 is 0 Å². The second kappa shape index (κ2) is 6.24. The van der Waals surface area contributed by atoms with Crippen molar-refractivity contribution in [3.05, 3.63) is 66.5 Å². The second-order valence-corrected chi connectivity index (χ2v) is 7.67. The molecule has 26 heavy (non-hydrogen) atoms. The van der Waals surface area contributed by atoms with Crippen LogP contribution in [0.4, 0.5) is 0 Å². The number of amides is 1. The smallest absolute Gasteiger partial charge is 0.253 e. The predicted molar refractivity (Wildman–Crippen MR) is 104 cm³/mol. The number of hydrogen-bond donors (Lipinski definition) is 0. The molecule has 5 rings (SSSR count). The van der Waals surface area contributed by atoms with E-state index in [1.807, 2.05) is 36.7 Å². The summed E-state index contributed by atoms with van der Waals surface area (Å²) in [6.07, 6.45) is 7.56. The topological polar surface area (TPSA) is 33.2 Å². The highest BCUT2D eigenvalue weighted by molar-refractivity contribution is 5.99. The lowest BCUT2D eigenvalue weighted by Crippen LogP contribution is -2.29. The van der Waals surface area contributed by atoms with Gasteiger partial charge in [0.15, 0.2) is 0 Å². The molecule has 1 aliphatic heterocycles. The number of hydrogen-bond acceptors (Lipinski definition) is 2. The summed E-state index contributed by atoms with van der Waals surface area (Å²) in [4.78, 5) is 19.1. The largest absolute Gasteiger partial charge is 0.338 e. The normalized spacial score (nSPS) is 21.9. The molecule has 3 heteroatoms. The number of aromatic nitrogens is 1. The molecular formula is C23H22N2O. The molecule has 2 fully saturated rings. The van der Waals surface area contributed by atoms with E-state index in [1.165, 1.54) is 24.8 Å². The molecular weight excluding hydrogens is 320 g/mol. The second-order valence-electron chi connectivity index (χ2n) is 7.67. The van der Waals surface area contributed by atoms with E-state index in [0.29, 0.717) is 0 Å². The van der Waals surface area contributed by atoms with Gasteiger partial charge in [0, 0.05) is 31.0 Å². The van der Waals surface area contributed by atoms with E-state index in [9.17, 15) is 4.79 Å². The molecule has 0 unspecified atom stereocenters. The number of likely N-dealkylation sites (tertiary alicyclic amines) is 1. The van der Waals surface area contributed by atoms with Crippen molar-refractivity contribution < 1.29 is 4.79 Å². The van der Waals surface area contributed by atoms with Gasteiger partial charge in [-0.2, -0.15) is 0 Å². The van der Waals surface area contributed by atoms with Gasteiger partial charge < -0.3 is 4.90 Å². The molecule has 3 aromatic rings. The molecule has 0 spiro atoms. The molecule has 2 heterocycles. The Morgan fingerprint density at radius 3 is 2.31 bits per heavy atom. The van der Waals surface area contributed by atoms with Crippen LogP contribution in [0.25, 0.3) is 21.9 Å².